The Morgan fingerprint density at radius 1 is 1.36 bits per heavy atom. The van der Waals surface area contributed by atoms with Gasteiger partial charge in [0, 0.05) is 18.5 Å². The van der Waals surface area contributed by atoms with Crippen molar-refractivity contribution < 1.29 is 24.2 Å². The van der Waals surface area contributed by atoms with Gasteiger partial charge in [-0.3, -0.25) is 10.1 Å². The lowest BCUT2D eigenvalue weighted by molar-refractivity contribution is -0.137. The number of esters is 1. The zero-order chi connectivity index (χ0) is 16.7. The number of rotatable bonds is 7. The maximum Gasteiger partial charge on any atom is 0.341 e. The average Bonchev–Trinajstić information content (AvgIpc) is 2.87. The van der Waals surface area contributed by atoms with Crippen LogP contribution in [-0.2, 0) is 16.0 Å². The lowest BCUT2D eigenvalue weighted by atomic mass is 10.2. The fourth-order valence-electron chi connectivity index (χ4n) is 1.63. The Hall–Kier alpha value is -2.09. The first-order valence-electron chi connectivity index (χ1n) is 6.92. The average molecular weight is 328 g/mol. The summed E-state index contributed by atoms with van der Waals surface area (Å²) in [5.41, 5.74) is 0.323. The predicted octanol–water partition coefficient (Wildman–Crippen LogP) is 2.43. The number of thiophene rings is 1. The van der Waals surface area contributed by atoms with Crippen LogP contribution in [0.1, 0.15) is 35.5 Å². The number of carboxylic acid groups (broad SMARTS) is 1. The molecule has 22 heavy (non-hydrogen) atoms. The van der Waals surface area contributed by atoms with Crippen molar-refractivity contribution in [2.24, 2.45) is 0 Å². The largest absolute Gasteiger partial charge is 0.481 e. The van der Waals surface area contributed by atoms with Crippen molar-refractivity contribution in [3.8, 4) is 0 Å². The number of amides is 2. The van der Waals surface area contributed by atoms with E-state index in [0.717, 1.165) is 11.3 Å². The van der Waals surface area contributed by atoms with Crippen molar-refractivity contribution >= 4 is 34.3 Å². The fraction of sp³-hybridized carbons (Fsp3) is 0.500. The van der Waals surface area contributed by atoms with Gasteiger partial charge in [-0.2, -0.15) is 0 Å². The molecular weight excluding hydrogens is 308 g/mol. The molecule has 1 heterocycles. The molecule has 0 saturated heterocycles. The summed E-state index contributed by atoms with van der Waals surface area (Å²) >= 11 is 1.31. The summed E-state index contributed by atoms with van der Waals surface area (Å²) in [7, 11) is 1.50. The number of nitrogens with one attached hydrogen (secondary N) is 1. The van der Waals surface area contributed by atoms with Crippen LogP contribution in [0.25, 0.3) is 0 Å². The molecule has 0 atom stereocenters. The van der Waals surface area contributed by atoms with E-state index in [2.05, 4.69) is 5.32 Å². The van der Waals surface area contributed by atoms with Gasteiger partial charge in [0.05, 0.1) is 18.6 Å². The van der Waals surface area contributed by atoms with Crippen LogP contribution < -0.4 is 5.32 Å². The van der Waals surface area contributed by atoms with E-state index in [1.807, 2.05) is 6.92 Å². The molecule has 0 aliphatic rings. The SMILES string of the molecule is CCOC(=O)c1cc(CC)sc1NC(=O)N(C)CCC(=O)O. The normalized spacial score (nSPS) is 10.1. The van der Waals surface area contributed by atoms with Crippen LogP contribution in [0.15, 0.2) is 6.07 Å². The molecule has 0 fully saturated rings. The first-order chi connectivity index (χ1) is 10.4. The van der Waals surface area contributed by atoms with E-state index < -0.39 is 18.0 Å². The van der Waals surface area contributed by atoms with Gasteiger partial charge >= 0.3 is 18.0 Å². The smallest absolute Gasteiger partial charge is 0.341 e. The van der Waals surface area contributed by atoms with E-state index in [4.69, 9.17) is 9.84 Å². The van der Waals surface area contributed by atoms with Crippen LogP contribution in [0.4, 0.5) is 9.80 Å². The summed E-state index contributed by atoms with van der Waals surface area (Å²) in [6, 6.07) is 1.24. The van der Waals surface area contributed by atoms with Crippen molar-refractivity contribution in [1.82, 2.24) is 4.90 Å². The van der Waals surface area contributed by atoms with Gasteiger partial charge in [0.25, 0.3) is 0 Å². The minimum atomic E-state index is -0.976. The van der Waals surface area contributed by atoms with Crippen molar-refractivity contribution in [2.45, 2.75) is 26.7 Å². The number of carboxylic acids is 1. The zero-order valence-corrected chi connectivity index (χ0v) is 13.7. The Morgan fingerprint density at radius 3 is 2.59 bits per heavy atom. The molecule has 0 saturated carbocycles. The molecule has 1 aromatic rings. The van der Waals surface area contributed by atoms with Crippen LogP contribution >= 0.6 is 11.3 Å². The summed E-state index contributed by atoms with van der Waals surface area (Å²) in [6.07, 6.45) is 0.598. The van der Waals surface area contributed by atoms with Gasteiger partial charge in [0.2, 0.25) is 0 Å². The Morgan fingerprint density at radius 2 is 2.05 bits per heavy atom. The molecule has 1 rings (SSSR count). The summed E-state index contributed by atoms with van der Waals surface area (Å²) in [6.45, 7) is 4.00. The molecule has 122 valence electrons. The van der Waals surface area contributed by atoms with Gasteiger partial charge in [-0.1, -0.05) is 6.92 Å². The van der Waals surface area contributed by atoms with Crippen molar-refractivity contribution in [2.75, 3.05) is 25.5 Å². The fourth-order valence-corrected chi connectivity index (χ4v) is 2.60. The van der Waals surface area contributed by atoms with E-state index in [0.29, 0.717) is 10.6 Å². The molecule has 0 spiro atoms. The van der Waals surface area contributed by atoms with Gasteiger partial charge in [0.15, 0.2) is 0 Å². The Bertz CT molecular complexity index is 555. The molecule has 2 amide bonds. The maximum atomic E-state index is 12.0. The summed E-state index contributed by atoms with van der Waals surface area (Å²) < 4.78 is 4.97. The minimum Gasteiger partial charge on any atom is -0.481 e. The van der Waals surface area contributed by atoms with Crippen LogP contribution in [0.3, 0.4) is 0 Å². The van der Waals surface area contributed by atoms with Gasteiger partial charge in [0.1, 0.15) is 5.00 Å². The highest BCUT2D eigenvalue weighted by Crippen LogP contribution is 2.29. The Kier molecular flexibility index (Phi) is 6.84. The summed E-state index contributed by atoms with van der Waals surface area (Å²) in [4.78, 5) is 36.7. The van der Waals surface area contributed by atoms with Gasteiger partial charge in [-0.25, -0.2) is 9.59 Å². The van der Waals surface area contributed by atoms with Gasteiger partial charge in [-0.15, -0.1) is 11.3 Å². The van der Waals surface area contributed by atoms with Gasteiger partial charge < -0.3 is 14.7 Å². The number of anilines is 1. The summed E-state index contributed by atoms with van der Waals surface area (Å²) in [5.74, 6) is -1.46. The van der Waals surface area contributed by atoms with Crippen molar-refractivity contribution in [3.63, 3.8) is 0 Å². The maximum absolute atomic E-state index is 12.0. The molecule has 8 heteroatoms. The van der Waals surface area contributed by atoms with E-state index in [9.17, 15) is 14.4 Å². The highest BCUT2D eigenvalue weighted by molar-refractivity contribution is 7.16. The highest BCUT2D eigenvalue weighted by atomic mass is 32.1. The molecule has 0 aliphatic heterocycles. The van der Waals surface area contributed by atoms with Gasteiger partial charge in [-0.05, 0) is 19.4 Å². The third-order valence-corrected chi connectivity index (χ3v) is 4.05. The molecule has 0 aliphatic carbocycles. The number of aliphatic carboxylic acids is 1. The monoisotopic (exact) mass is 328 g/mol. The van der Waals surface area contributed by atoms with Crippen molar-refractivity contribution in [1.29, 1.82) is 0 Å². The van der Waals surface area contributed by atoms with E-state index in [1.54, 1.807) is 13.0 Å². The topological polar surface area (TPSA) is 95.9 Å². The zero-order valence-electron chi connectivity index (χ0n) is 12.8. The van der Waals surface area contributed by atoms with Crippen LogP contribution in [0.2, 0.25) is 0 Å². The second-order valence-corrected chi connectivity index (χ2v) is 5.66. The lowest BCUT2D eigenvalue weighted by Crippen LogP contribution is -2.33. The number of nitrogens with zero attached hydrogens (tertiary/aromatic N) is 1. The second kappa shape index (κ2) is 8.38. The predicted molar refractivity (Wildman–Crippen MR) is 83.6 cm³/mol. The number of carbonyl (C=O) groups excluding carboxylic acids is 2. The molecule has 1 aromatic heterocycles. The quantitative estimate of drug-likeness (QED) is 0.749. The first kappa shape index (κ1) is 18.0. The number of hydrogen-bond donors (Lipinski definition) is 2. The van der Waals surface area contributed by atoms with Crippen LogP contribution in [0.5, 0.6) is 0 Å². The van der Waals surface area contributed by atoms with Crippen LogP contribution in [0, 0.1) is 0 Å². The Labute approximate surface area is 132 Å². The number of carbonyl (C=O) groups is 3. The second-order valence-electron chi connectivity index (χ2n) is 4.52. The molecular formula is C14H20N2O5S. The minimum absolute atomic E-state index is 0.0852. The van der Waals surface area contributed by atoms with Crippen LogP contribution in [-0.4, -0.2) is 48.2 Å². The number of ether oxygens (including phenoxy) is 1. The Balaban J connectivity index is 2.82. The standard InChI is InChI=1S/C14H20N2O5S/c1-4-9-8-10(13(19)21-5-2)12(22-9)15-14(20)16(3)7-6-11(17)18/h8H,4-7H2,1-3H3,(H,15,20)(H,17,18). The number of aryl methyl sites for hydroxylation is 1. The van der Waals surface area contributed by atoms with E-state index in [1.165, 1.54) is 23.3 Å². The first-order valence-corrected chi connectivity index (χ1v) is 7.74. The third kappa shape index (κ3) is 5.03. The van der Waals surface area contributed by atoms with Crippen molar-refractivity contribution in [3.05, 3.63) is 16.5 Å². The number of urea groups is 1. The molecule has 0 unspecified atom stereocenters. The molecule has 0 aromatic carbocycles. The van der Waals surface area contributed by atoms with E-state index >= 15 is 0 Å². The molecule has 0 bridgehead atoms. The molecule has 7 nitrogen and oxygen atoms in total. The van der Waals surface area contributed by atoms with E-state index in [-0.39, 0.29) is 19.6 Å². The molecule has 0 radical (unpaired) electrons. The summed E-state index contributed by atoms with van der Waals surface area (Å²) in [5, 5.41) is 11.7. The third-order valence-electron chi connectivity index (χ3n) is 2.86. The number of hydrogen-bond acceptors (Lipinski definition) is 5. The molecule has 2 N–H and O–H groups in total. The highest BCUT2D eigenvalue weighted by Gasteiger charge is 2.20. The lowest BCUT2D eigenvalue weighted by Gasteiger charge is -2.16.